The van der Waals surface area contributed by atoms with E-state index in [1.807, 2.05) is 37.3 Å². The summed E-state index contributed by atoms with van der Waals surface area (Å²) in [4.78, 5) is 0. The van der Waals surface area contributed by atoms with Crippen LogP contribution in [-0.2, 0) is 6.42 Å². The van der Waals surface area contributed by atoms with Crippen LogP contribution in [0.25, 0.3) is 0 Å². The van der Waals surface area contributed by atoms with Crippen LogP contribution in [-0.4, -0.2) is 5.11 Å². The summed E-state index contributed by atoms with van der Waals surface area (Å²) in [7, 11) is 0. The second-order valence-corrected chi connectivity index (χ2v) is 6.11. The summed E-state index contributed by atoms with van der Waals surface area (Å²) in [5.74, 6) is 0.607. The van der Waals surface area contributed by atoms with Gasteiger partial charge in [0.05, 0.1) is 0 Å². The van der Waals surface area contributed by atoms with E-state index < -0.39 is 6.10 Å². The van der Waals surface area contributed by atoms with Crippen LogP contribution in [0.3, 0.4) is 0 Å². The molecule has 2 aromatic rings. The highest BCUT2D eigenvalue weighted by atomic mass is 35.5. The first kappa shape index (κ1) is 15.1. The van der Waals surface area contributed by atoms with E-state index in [9.17, 15) is 5.11 Å². The molecule has 1 N–H and O–H groups in total. The Morgan fingerprint density at radius 2 is 1.80 bits per heavy atom. The highest BCUT2D eigenvalue weighted by molar-refractivity contribution is 6.31. The molecule has 0 saturated heterocycles. The number of hydrogen-bond acceptors (Lipinski definition) is 1. The lowest BCUT2D eigenvalue weighted by molar-refractivity contribution is 0.219. The zero-order valence-corrected chi connectivity index (χ0v) is 13.0. The van der Waals surface area contributed by atoms with Crippen molar-refractivity contribution in [2.45, 2.75) is 33.3 Å². The van der Waals surface area contributed by atoms with Gasteiger partial charge in [-0.25, -0.2) is 0 Å². The molecule has 0 amide bonds. The van der Waals surface area contributed by atoms with Gasteiger partial charge in [0, 0.05) is 5.02 Å². The van der Waals surface area contributed by atoms with Gasteiger partial charge in [0.25, 0.3) is 0 Å². The van der Waals surface area contributed by atoms with Crippen LogP contribution in [0.5, 0.6) is 0 Å². The number of aliphatic hydroxyl groups is 1. The predicted molar refractivity (Wildman–Crippen MR) is 85.2 cm³/mol. The smallest absolute Gasteiger partial charge is 0.104 e. The molecular weight excluding hydrogens is 268 g/mol. The molecule has 106 valence electrons. The van der Waals surface area contributed by atoms with E-state index in [2.05, 4.69) is 26.0 Å². The van der Waals surface area contributed by atoms with E-state index in [0.717, 1.165) is 23.1 Å². The van der Waals surface area contributed by atoms with Gasteiger partial charge in [0.1, 0.15) is 6.10 Å². The van der Waals surface area contributed by atoms with Crippen molar-refractivity contribution in [2.75, 3.05) is 0 Å². The number of hydrogen-bond donors (Lipinski definition) is 1. The van der Waals surface area contributed by atoms with Crippen molar-refractivity contribution in [1.82, 2.24) is 0 Å². The maximum Gasteiger partial charge on any atom is 0.104 e. The number of halogens is 1. The highest BCUT2D eigenvalue weighted by Crippen LogP contribution is 2.29. The minimum absolute atomic E-state index is 0.607. The Bertz CT molecular complexity index is 590. The molecule has 0 heterocycles. The molecule has 2 heteroatoms. The average Bonchev–Trinajstić information content (AvgIpc) is 2.41. The van der Waals surface area contributed by atoms with Crippen molar-refractivity contribution < 1.29 is 5.11 Å². The van der Waals surface area contributed by atoms with Gasteiger partial charge < -0.3 is 5.11 Å². The Morgan fingerprint density at radius 3 is 2.50 bits per heavy atom. The van der Waals surface area contributed by atoms with Crippen molar-refractivity contribution in [1.29, 1.82) is 0 Å². The van der Waals surface area contributed by atoms with E-state index in [-0.39, 0.29) is 0 Å². The standard InChI is InChI=1S/C18H21ClO/c1-12(2)10-14-6-4-7-15(11-14)18(20)16-8-5-9-17(19)13(16)3/h4-9,11-12,18,20H,10H2,1-3H3. The fraction of sp³-hybridized carbons (Fsp3) is 0.333. The summed E-state index contributed by atoms with van der Waals surface area (Å²) in [5, 5.41) is 11.3. The first-order valence-corrected chi connectivity index (χ1v) is 7.38. The van der Waals surface area contributed by atoms with Crippen LogP contribution in [0.15, 0.2) is 42.5 Å². The monoisotopic (exact) mass is 288 g/mol. The number of aliphatic hydroxyl groups excluding tert-OH is 1. The molecule has 0 radical (unpaired) electrons. The summed E-state index contributed by atoms with van der Waals surface area (Å²) >= 11 is 6.13. The summed E-state index contributed by atoms with van der Waals surface area (Å²) in [6.07, 6.45) is 0.399. The van der Waals surface area contributed by atoms with Crippen molar-refractivity contribution in [3.63, 3.8) is 0 Å². The topological polar surface area (TPSA) is 20.2 Å². The van der Waals surface area contributed by atoms with Crippen LogP contribution < -0.4 is 0 Å². The predicted octanol–water partition coefficient (Wildman–Crippen LogP) is 4.93. The van der Waals surface area contributed by atoms with Gasteiger partial charge in [0.2, 0.25) is 0 Å². The fourth-order valence-electron chi connectivity index (χ4n) is 2.46. The Hall–Kier alpha value is -1.31. The summed E-state index contributed by atoms with van der Waals surface area (Å²) in [6, 6.07) is 13.8. The van der Waals surface area contributed by atoms with Crippen molar-refractivity contribution in [3.05, 3.63) is 69.7 Å². The Balaban J connectivity index is 2.33. The van der Waals surface area contributed by atoms with E-state index in [1.54, 1.807) is 0 Å². The lowest BCUT2D eigenvalue weighted by Gasteiger charge is -2.16. The van der Waals surface area contributed by atoms with E-state index in [1.165, 1.54) is 5.56 Å². The molecule has 2 aromatic carbocycles. The van der Waals surface area contributed by atoms with Crippen molar-refractivity contribution in [2.24, 2.45) is 5.92 Å². The third-order valence-electron chi connectivity index (χ3n) is 3.51. The minimum Gasteiger partial charge on any atom is -0.384 e. The molecule has 2 rings (SSSR count). The Morgan fingerprint density at radius 1 is 1.10 bits per heavy atom. The molecule has 0 aliphatic carbocycles. The molecule has 1 atom stereocenters. The van der Waals surface area contributed by atoms with Crippen LogP contribution >= 0.6 is 11.6 Å². The molecule has 1 unspecified atom stereocenters. The molecule has 0 bridgehead atoms. The van der Waals surface area contributed by atoms with Gasteiger partial charge in [-0.3, -0.25) is 0 Å². The van der Waals surface area contributed by atoms with Gasteiger partial charge >= 0.3 is 0 Å². The molecular formula is C18H21ClO. The zero-order chi connectivity index (χ0) is 14.7. The summed E-state index contributed by atoms with van der Waals surface area (Å²) in [5.41, 5.74) is 4.00. The van der Waals surface area contributed by atoms with Crippen LogP contribution in [0.4, 0.5) is 0 Å². The quantitative estimate of drug-likeness (QED) is 0.846. The van der Waals surface area contributed by atoms with Gasteiger partial charge in [-0.05, 0) is 47.6 Å². The SMILES string of the molecule is Cc1c(Cl)cccc1C(O)c1cccc(CC(C)C)c1. The average molecular weight is 289 g/mol. The van der Waals surface area contributed by atoms with Crippen LogP contribution in [0, 0.1) is 12.8 Å². The van der Waals surface area contributed by atoms with Gasteiger partial charge in [-0.1, -0.05) is 61.8 Å². The third kappa shape index (κ3) is 3.41. The van der Waals surface area contributed by atoms with Crippen molar-refractivity contribution in [3.8, 4) is 0 Å². The lowest BCUT2D eigenvalue weighted by Crippen LogP contribution is -2.03. The molecule has 0 spiro atoms. The maximum atomic E-state index is 10.6. The first-order valence-electron chi connectivity index (χ1n) is 7.01. The summed E-state index contributed by atoms with van der Waals surface area (Å²) in [6.45, 7) is 6.34. The number of benzene rings is 2. The lowest BCUT2D eigenvalue weighted by atomic mass is 9.94. The van der Waals surface area contributed by atoms with Crippen LogP contribution in [0.1, 0.15) is 42.2 Å². The molecule has 0 aliphatic rings. The van der Waals surface area contributed by atoms with E-state index >= 15 is 0 Å². The van der Waals surface area contributed by atoms with E-state index in [0.29, 0.717) is 10.9 Å². The highest BCUT2D eigenvalue weighted by Gasteiger charge is 2.14. The molecule has 0 aliphatic heterocycles. The van der Waals surface area contributed by atoms with Crippen molar-refractivity contribution >= 4 is 11.6 Å². The number of rotatable bonds is 4. The minimum atomic E-state index is -0.624. The third-order valence-corrected chi connectivity index (χ3v) is 3.92. The molecule has 0 fully saturated rings. The molecule has 20 heavy (non-hydrogen) atoms. The van der Waals surface area contributed by atoms with Gasteiger partial charge in [-0.2, -0.15) is 0 Å². The normalized spacial score (nSPS) is 12.7. The van der Waals surface area contributed by atoms with Gasteiger partial charge in [-0.15, -0.1) is 0 Å². The maximum absolute atomic E-state index is 10.6. The van der Waals surface area contributed by atoms with Gasteiger partial charge in [0.15, 0.2) is 0 Å². The summed E-state index contributed by atoms with van der Waals surface area (Å²) < 4.78 is 0. The molecule has 1 nitrogen and oxygen atoms in total. The largest absolute Gasteiger partial charge is 0.384 e. The Labute approximate surface area is 126 Å². The second-order valence-electron chi connectivity index (χ2n) is 5.70. The molecule has 0 aromatic heterocycles. The van der Waals surface area contributed by atoms with E-state index in [4.69, 9.17) is 11.6 Å². The Kier molecular flexibility index (Phi) is 4.85. The molecule has 0 saturated carbocycles. The first-order chi connectivity index (χ1) is 9.49. The fourth-order valence-corrected chi connectivity index (χ4v) is 2.64. The zero-order valence-electron chi connectivity index (χ0n) is 12.2. The second kappa shape index (κ2) is 6.43. The van der Waals surface area contributed by atoms with Crippen LogP contribution in [0.2, 0.25) is 5.02 Å².